The van der Waals surface area contributed by atoms with Gasteiger partial charge in [0.15, 0.2) is 0 Å². The molecule has 0 aliphatic carbocycles. The van der Waals surface area contributed by atoms with E-state index in [4.69, 9.17) is 0 Å². The molecule has 2 N–H and O–H groups in total. The third-order valence-electron chi connectivity index (χ3n) is 2.05. The molecule has 0 aliphatic rings. The summed E-state index contributed by atoms with van der Waals surface area (Å²) in [6.07, 6.45) is 0. The van der Waals surface area contributed by atoms with Crippen molar-refractivity contribution in [2.24, 2.45) is 0 Å². The molecular weight excluding hydrogens is 332 g/mol. The highest BCUT2D eigenvalue weighted by atomic mass is 79.9. The SMILES string of the molecule is CC(C)(C)NC(=O)c1ccc(NS(=O)(=O)CBr)cc1. The number of carbonyl (C=O) groups is 1. The number of anilines is 1. The second kappa shape index (κ2) is 5.92. The average molecular weight is 349 g/mol. The van der Waals surface area contributed by atoms with Crippen LogP contribution in [0.4, 0.5) is 5.69 Å². The first-order valence-electron chi connectivity index (χ1n) is 5.62. The van der Waals surface area contributed by atoms with Gasteiger partial charge < -0.3 is 5.32 Å². The van der Waals surface area contributed by atoms with Crippen LogP contribution < -0.4 is 10.0 Å². The summed E-state index contributed by atoms with van der Waals surface area (Å²) in [5.74, 6) is -0.192. The number of carbonyl (C=O) groups excluding carboxylic acids is 1. The highest BCUT2D eigenvalue weighted by Gasteiger charge is 2.15. The minimum atomic E-state index is -3.37. The van der Waals surface area contributed by atoms with Crippen LogP contribution in [0.5, 0.6) is 0 Å². The minimum Gasteiger partial charge on any atom is -0.347 e. The molecule has 0 heterocycles. The topological polar surface area (TPSA) is 75.3 Å². The first-order valence-corrected chi connectivity index (χ1v) is 8.39. The van der Waals surface area contributed by atoms with Crippen LogP contribution in [0.15, 0.2) is 24.3 Å². The lowest BCUT2D eigenvalue weighted by Crippen LogP contribution is -2.40. The zero-order chi connectivity index (χ0) is 14.7. The summed E-state index contributed by atoms with van der Waals surface area (Å²) >= 11 is 2.88. The summed E-state index contributed by atoms with van der Waals surface area (Å²) in [5.41, 5.74) is 0.594. The highest BCUT2D eigenvalue weighted by Crippen LogP contribution is 2.13. The molecule has 0 aromatic heterocycles. The lowest BCUT2D eigenvalue weighted by molar-refractivity contribution is 0.0919. The molecule has 1 amide bonds. The number of sulfonamides is 1. The number of amides is 1. The van der Waals surface area contributed by atoms with Gasteiger partial charge in [-0.3, -0.25) is 9.52 Å². The van der Waals surface area contributed by atoms with Gasteiger partial charge in [-0.1, -0.05) is 15.9 Å². The summed E-state index contributed by atoms with van der Waals surface area (Å²) in [5, 5.41) is 2.83. The Morgan fingerprint density at radius 3 is 2.16 bits per heavy atom. The Balaban J connectivity index is 2.80. The number of halogens is 1. The molecule has 0 aliphatic heterocycles. The Morgan fingerprint density at radius 1 is 1.21 bits per heavy atom. The van der Waals surface area contributed by atoms with E-state index in [9.17, 15) is 13.2 Å². The number of nitrogens with one attached hydrogen (secondary N) is 2. The van der Waals surface area contributed by atoms with Gasteiger partial charge in [0.2, 0.25) is 10.0 Å². The molecule has 0 fully saturated rings. The second-order valence-electron chi connectivity index (χ2n) is 5.11. The Morgan fingerprint density at radius 2 is 1.74 bits per heavy atom. The third kappa shape index (κ3) is 5.61. The fraction of sp³-hybridized carbons (Fsp3) is 0.417. The molecular formula is C12H17BrN2O3S. The predicted molar refractivity (Wildman–Crippen MR) is 80.0 cm³/mol. The van der Waals surface area contributed by atoms with Gasteiger partial charge in [0.25, 0.3) is 5.91 Å². The van der Waals surface area contributed by atoms with Crippen LogP contribution in [0, 0.1) is 0 Å². The van der Waals surface area contributed by atoms with Crippen molar-refractivity contribution >= 4 is 37.5 Å². The van der Waals surface area contributed by atoms with E-state index >= 15 is 0 Å². The van der Waals surface area contributed by atoms with E-state index in [1.165, 1.54) is 0 Å². The Hall–Kier alpha value is -1.08. The van der Waals surface area contributed by atoms with E-state index in [-0.39, 0.29) is 16.1 Å². The van der Waals surface area contributed by atoms with Crippen molar-refractivity contribution in [1.82, 2.24) is 5.32 Å². The molecule has 1 aromatic carbocycles. The number of hydrogen-bond donors (Lipinski definition) is 2. The van der Waals surface area contributed by atoms with Gasteiger partial charge >= 0.3 is 0 Å². The highest BCUT2D eigenvalue weighted by molar-refractivity contribution is 9.10. The lowest BCUT2D eigenvalue weighted by atomic mass is 10.1. The number of alkyl halides is 1. The molecule has 5 nitrogen and oxygen atoms in total. The van der Waals surface area contributed by atoms with Gasteiger partial charge in [0, 0.05) is 16.8 Å². The van der Waals surface area contributed by atoms with Crippen molar-refractivity contribution in [2.75, 3.05) is 9.38 Å². The fourth-order valence-corrected chi connectivity index (χ4v) is 2.20. The normalized spacial score (nSPS) is 12.0. The van der Waals surface area contributed by atoms with Crippen molar-refractivity contribution in [1.29, 1.82) is 0 Å². The average Bonchev–Trinajstić information content (AvgIpc) is 2.27. The first kappa shape index (κ1) is 16.0. The van der Waals surface area contributed by atoms with Crippen LogP contribution in [0.3, 0.4) is 0 Å². The predicted octanol–water partition coefficient (Wildman–Crippen LogP) is 2.31. The Kier molecular flexibility index (Phi) is 4.98. The van der Waals surface area contributed by atoms with E-state index in [1.54, 1.807) is 24.3 Å². The van der Waals surface area contributed by atoms with Gasteiger partial charge in [-0.15, -0.1) is 0 Å². The van der Waals surface area contributed by atoms with Crippen molar-refractivity contribution < 1.29 is 13.2 Å². The monoisotopic (exact) mass is 348 g/mol. The molecule has 0 saturated heterocycles. The van der Waals surface area contributed by atoms with Crippen LogP contribution in [-0.4, -0.2) is 24.5 Å². The van der Waals surface area contributed by atoms with E-state index < -0.39 is 10.0 Å². The number of rotatable bonds is 4. The summed E-state index contributed by atoms with van der Waals surface area (Å²) in [6, 6.07) is 6.26. The molecule has 1 aromatic rings. The van der Waals surface area contributed by atoms with E-state index in [2.05, 4.69) is 26.0 Å². The van der Waals surface area contributed by atoms with Crippen molar-refractivity contribution in [3.8, 4) is 0 Å². The lowest BCUT2D eigenvalue weighted by Gasteiger charge is -2.20. The molecule has 19 heavy (non-hydrogen) atoms. The molecule has 7 heteroatoms. The van der Waals surface area contributed by atoms with Crippen LogP contribution in [0.25, 0.3) is 0 Å². The molecule has 0 atom stereocenters. The maximum Gasteiger partial charge on any atom is 0.251 e. The number of hydrogen-bond acceptors (Lipinski definition) is 3. The molecule has 0 saturated carbocycles. The standard InChI is InChI=1S/C12H17BrN2O3S/c1-12(2,3)14-11(16)9-4-6-10(7-5-9)15-19(17,18)8-13/h4-7,15H,8H2,1-3H3,(H,14,16). The van der Waals surface area contributed by atoms with Gasteiger partial charge in [0.05, 0.1) is 0 Å². The molecule has 0 unspecified atom stereocenters. The third-order valence-corrected chi connectivity index (χ3v) is 4.69. The van der Waals surface area contributed by atoms with E-state index in [0.29, 0.717) is 11.3 Å². The molecule has 106 valence electrons. The van der Waals surface area contributed by atoms with Gasteiger partial charge in [0.1, 0.15) is 4.66 Å². The van der Waals surface area contributed by atoms with Crippen molar-refractivity contribution in [3.05, 3.63) is 29.8 Å². The largest absolute Gasteiger partial charge is 0.347 e. The van der Waals surface area contributed by atoms with Crippen LogP contribution in [0.1, 0.15) is 31.1 Å². The first-order chi connectivity index (χ1) is 8.63. The molecule has 1 rings (SSSR count). The second-order valence-corrected chi connectivity index (χ2v) is 8.13. The van der Waals surface area contributed by atoms with Crippen LogP contribution in [0.2, 0.25) is 0 Å². The smallest absolute Gasteiger partial charge is 0.251 e. The maximum atomic E-state index is 11.9. The van der Waals surface area contributed by atoms with Crippen LogP contribution in [-0.2, 0) is 10.0 Å². The summed E-state index contributed by atoms with van der Waals surface area (Å²) < 4.78 is 24.9. The van der Waals surface area contributed by atoms with Crippen molar-refractivity contribution in [3.63, 3.8) is 0 Å². The minimum absolute atomic E-state index is 0.174. The maximum absolute atomic E-state index is 11.9. The summed E-state index contributed by atoms with van der Waals surface area (Å²) in [4.78, 5) is 11.9. The van der Waals surface area contributed by atoms with E-state index in [1.807, 2.05) is 20.8 Å². The summed E-state index contributed by atoms with van der Waals surface area (Å²) in [6.45, 7) is 5.68. The van der Waals surface area contributed by atoms with Crippen LogP contribution >= 0.6 is 15.9 Å². The number of benzene rings is 1. The zero-order valence-electron chi connectivity index (χ0n) is 11.0. The van der Waals surface area contributed by atoms with Gasteiger partial charge in [-0.05, 0) is 45.0 Å². The summed E-state index contributed by atoms with van der Waals surface area (Å²) in [7, 11) is -3.37. The molecule has 0 spiro atoms. The molecule has 0 bridgehead atoms. The molecule has 0 radical (unpaired) electrons. The quantitative estimate of drug-likeness (QED) is 0.819. The Bertz CT molecular complexity index is 547. The van der Waals surface area contributed by atoms with Gasteiger partial charge in [-0.2, -0.15) is 0 Å². The van der Waals surface area contributed by atoms with E-state index in [0.717, 1.165) is 0 Å². The van der Waals surface area contributed by atoms with Crippen molar-refractivity contribution in [2.45, 2.75) is 26.3 Å². The Labute approximate surface area is 122 Å². The van der Waals surface area contributed by atoms with Gasteiger partial charge in [-0.25, -0.2) is 8.42 Å². The zero-order valence-corrected chi connectivity index (χ0v) is 13.4. The fourth-order valence-electron chi connectivity index (χ4n) is 1.31.